The first-order chi connectivity index (χ1) is 6.85. The van der Waals surface area contributed by atoms with Gasteiger partial charge in [-0.05, 0) is 18.6 Å². The highest BCUT2D eigenvalue weighted by atomic mass is 19.3. The van der Waals surface area contributed by atoms with Gasteiger partial charge in [0.1, 0.15) is 0 Å². The summed E-state index contributed by atoms with van der Waals surface area (Å²) in [4.78, 5) is 14.5. The second-order valence-electron chi connectivity index (χ2n) is 3.00. The number of nitrogens with zero attached hydrogens (tertiary/aromatic N) is 1. The van der Waals surface area contributed by atoms with Crippen LogP contribution in [0.1, 0.15) is 15.9 Å². The normalized spacial score (nSPS) is 11.9. The molecule has 0 aliphatic carbocycles. The molecule has 0 atom stereocenters. The number of Topliss-reactive ketones (excluding diaryl/α,β-unsaturated/α-hetero) is 1. The molecule has 0 saturated heterocycles. The second kappa shape index (κ2) is 3.96. The first-order valence-corrected chi connectivity index (χ1v) is 3.98. The van der Waals surface area contributed by atoms with Crippen LogP contribution in [0.15, 0.2) is 18.5 Å². The fourth-order valence-corrected chi connectivity index (χ4v) is 0.971. The van der Waals surface area contributed by atoms with Gasteiger partial charge >= 0.3 is 12.3 Å². The van der Waals surface area contributed by atoms with E-state index in [9.17, 15) is 22.4 Å². The van der Waals surface area contributed by atoms with Gasteiger partial charge in [-0.1, -0.05) is 0 Å². The number of hydrogen-bond donors (Lipinski definition) is 0. The Bertz CT molecular complexity index is 378. The van der Waals surface area contributed by atoms with Gasteiger partial charge < -0.3 is 0 Å². The van der Waals surface area contributed by atoms with Gasteiger partial charge in [0.25, 0.3) is 0 Å². The molecule has 0 N–H and O–H groups in total. The van der Waals surface area contributed by atoms with E-state index in [1.54, 1.807) is 0 Å². The molecule has 0 fully saturated rings. The smallest absolute Gasteiger partial charge is 0.287 e. The van der Waals surface area contributed by atoms with Crippen molar-refractivity contribution in [1.82, 2.24) is 4.98 Å². The number of alkyl halides is 4. The van der Waals surface area contributed by atoms with E-state index < -0.39 is 23.7 Å². The van der Waals surface area contributed by atoms with Crippen LogP contribution in [-0.2, 0) is 0 Å². The molecule has 15 heavy (non-hydrogen) atoms. The summed E-state index contributed by atoms with van der Waals surface area (Å²) in [6.07, 6.45) is -1.84. The number of hydrogen-bond acceptors (Lipinski definition) is 2. The molecule has 0 aliphatic heterocycles. The highest BCUT2D eigenvalue weighted by Crippen LogP contribution is 2.27. The number of carbonyl (C=O) groups is 1. The van der Waals surface area contributed by atoms with Crippen molar-refractivity contribution in [2.75, 3.05) is 0 Å². The van der Waals surface area contributed by atoms with Crippen molar-refractivity contribution in [3.8, 4) is 0 Å². The van der Waals surface area contributed by atoms with Gasteiger partial charge in [0.15, 0.2) is 0 Å². The predicted molar refractivity (Wildman–Crippen MR) is 44.3 cm³/mol. The molecule has 0 unspecified atom stereocenters. The molecule has 82 valence electrons. The lowest BCUT2D eigenvalue weighted by atomic mass is 10.1. The van der Waals surface area contributed by atoms with E-state index in [4.69, 9.17) is 0 Å². The predicted octanol–water partition coefficient (Wildman–Crippen LogP) is 2.47. The molecule has 0 aromatic carbocycles. The van der Waals surface area contributed by atoms with E-state index in [1.165, 1.54) is 13.1 Å². The van der Waals surface area contributed by atoms with Crippen LogP contribution in [0.4, 0.5) is 17.6 Å². The summed E-state index contributed by atoms with van der Waals surface area (Å²) < 4.78 is 49.0. The zero-order valence-electron chi connectivity index (χ0n) is 7.68. The SMILES string of the molecule is Cc1cncc(C(=O)C(F)(F)C(F)F)c1. The molecule has 6 heteroatoms. The third-order valence-electron chi connectivity index (χ3n) is 1.71. The van der Waals surface area contributed by atoms with E-state index in [0.717, 1.165) is 12.3 Å². The van der Waals surface area contributed by atoms with Crippen LogP contribution in [0.25, 0.3) is 0 Å². The summed E-state index contributed by atoms with van der Waals surface area (Å²) in [5, 5.41) is 0. The van der Waals surface area contributed by atoms with E-state index >= 15 is 0 Å². The summed E-state index contributed by atoms with van der Waals surface area (Å²) in [6, 6.07) is 1.09. The van der Waals surface area contributed by atoms with Crippen molar-refractivity contribution in [3.05, 3.63) is 29.6 Å². The molecule has 0 saturated carbocycles. The maximum atomic E-state index is 12.6. The standard InChI is InChI=1S/C9H7F4NO/c1-5-2-6(4-14-3-5)7(15)9(12,13)8(10)11/h2-4,8H,1H3. The molecule has 1 aromatic heterocycles. The lowest BCUT2D eigenvalue weighted by Crippen LogP contribution is -2.36. The van der Waals surface area contributed by atoms with Crippen LogP contribution >= 0.6 is 0 Å². The number of aromatic nitrogens is 1. The van der Waals surface area contributed by atoms with Gasteiger partial charge in [0.05, 0.1) is 0 Å². The van der Waals surface area contributed by atoms with Crippen molar-refractivity contribution >= 4 is 5.78 Å². The first-order valence-electron chi connectivity index (χ1n) is 3.98. The van der Waals surface area contributed by atoms with Crippen LogP contribution in [0, 0.1) is 6.92 Å². The maximum Gasteiger partial charge on any atom is 0.368 e. The Labute approximate surface area is 82.9 Å². The van der Waals surface area contributed by atoms with Gasteiger partial charge in [-0.15, -0.1) is 0 Å². The van der Waals surface area contributed by atoms with Crippen LogP contribution in [0.2, 0.25) is 0 Å². The van der Waals surface area contributed by atoms with Crippen LogP contribution in [0.3, 0.4) is 0 Å². The number of rotatable bonds is 3. The fourth-order valence-electron chi connectivity index (χ4n) is 0.971. The molecule has 0 amide bonds. The Balaban J connectivity index is 3.05. The zero-order valence-corrected chi connectivity index (χ0v) is 7.68. The van der Waals surface area contributed by atoms with Crippen molar-refractivity contribution in [2.45, 2.75) is 19.3 Å². The van der Waals surface area contributed by atoms with Crippen molar-refractivity contribution in [1.29, 1.82) is 0 Å². The van der Waals surface area contributed by atoms with Crippen LogP contribution < -0.4 is 0 Å². The van der Waals surface area contributed by atoms with Gasteiger partial charge in [-0.3, -0.25) is 9.78 Å². The molecular formula is C9H7F4NO. The highest BCUT2D eigenvalue weighted by Gasteiger charge is 2.49. The number of carbonyl (C=O) groups excluding carboxylic acids is 1. The quantitative estimate of drug-likeness (QED) is 0.579. The Morgan fingerprint density at radius 3 is 2.47 bits per heavy atom. The van der Waals surface area contributed by atoms with Gasteiger partial charge in [0, 0.05) is 18.0 Å². The summed E-state index contributed by atoms with van der Waals surface area (Å²) >= 11 is 0. The van der Waals surface area contributed by atoms with E-state index in [2.05, 4.69) is 4.98 Å². The minimum Gasteiger partial charge on any atom is -0.287 e. The van der Waals surface area contributed by atoms with Gasteiger partial charge in [-0.25, -0.2) is 8.78 Å². The second-order valence-corrected chi connectivity index (χ2v) is 3.00. The summed E-state index contributed by atoms with van der Waals surface area (Å²) in [6.45, 7) is 1.52. The average molecular weight is 221 g/mol. The zero-order chi connectivity index (χ0) is 11.6. The molecule has 0 spiro atoms. The third kappa shape index (κ3) is 2.31. The molecule has 1 heterocycles. The summed E-state index contributed by atoms with van der Waals surface area (Å²) in [7, 11) is 0. The fraction of sp³-hybridized carbons (Fsp3) is 0.333. The number of halogens is 4. The molecule has 0 radical (unpaired) electrons. The number of ketones is 1. The lowest BCUT2D eigenvalue weighted by Gasteiger charge is -2.13. The molecule has 1 rings (SSSR count). The minimum absolute atomic E-state index is 0.450. The van der Waals surface area contributed by atoms with Crippen molar-refractivity contribution in [2.24, 2.45) is 0 Å². The third-order valence-corrected chi connectivity index (χ3v) is 1.71. The van der Waals surface area contributed by atoms with Gasteiger partial charge in [-0.2, -0.15) is 8.78 Å². The highest BCUT2D eigenvalue weighted by molar-refractivity contribution is 6.01. The monoisotopic (exact) mass is 221 g/mol. The summed E-state index contributed by atoms with van der Waals surface area (Å²) in [5.41, 5.74) is -0.0637. The number of aryl methyl sites for hydroxylation is 1. The number of pyridine rings is 1. The Hall–Kier alpha value is -1.46. The van der Waals surface area contributed by atoms with Crippen molar-refractivity contribution in [3.63, 3.8) is 0 Å². The molecule has 0 aliphatic rings. The Morgan fingerprint density at radius 2 is 2.00 bits per heavy atom. The average Bonchev–Trinajstić information content (AvgIpc) is 2.16. The maximum absolute atomic E-state index is 12.6. The van der Waals surface area contributed by atoms with Gasteiger partial charge in [0.2, 0.25) is 5.78 Å². The first kappa shape index (κ1) is 11.6. The van der Waals surface area contributed by atoms with E-state index in [0.29, 0.717) is 5.56 Å². The Kier molecular flexibility index (Phi) is 3.06. The van der Waals surface area contributed by atoms with Crippen LogP contribution in [0.5, 0.6) is 0 Å². The largest absolute Gasteiger partial charge is 0.368 e. The molecule has 0 bridgehead atoms. The Morgan fingerprint density at radius 1 is 1.40 bits per heavy atom. The van der Waals surface area contributed by atoms with E-state index in [1.807, 2.05) is 0 Å². The van der Waals surface area contributed by atoms with Crippen molar-refractivity contribution < 1.29 is 22.4 Å². The summed E-state index contributed by atoms with van der Waals surface area (Å²) in [5.74, 6) is -6.57. The molecular weight excluding hydrogens is 214 g/mol. The minimum atomic E-state index is -4.66. The van der Waals surface area contributed by atoms with E-state index in [-0.39, 0.29) is 0 Å². The molecule has 2 nitrogen and oxygen atoms in total. The molecule has 1 aromatic rings. The topological polar surface area (TPSA) is 30.0 Å². The lowest BCUT2D eigenvalue weighted by molar-refractivity contribution is -0.0958. The van der Waals surface area contributed by atoms with Crippen LogP contribution in [-0.4, -0.2) is 23.1 Å².